The molecule has 0 unspecified atom stereocenters. The fraction of sp³-hybridized carbons (Fsp3) is 0.333. The quantitative estimate of drug-likeness (QED) is 0.269. The molecular formula is C27H32N10O3. The standard InChI is InChI=1S/C27H32N10O3/c1-16(2)40-18-13-37(14-18)17-9-10-22(29-12-17)32-23-11-21(24(34-33-23)27(38)28-3)31-20-8-6-7-19(25(20)39-5)26-30-15-36(4)35-26/h6-12,15-16,18H,13-14H2,1-5H3,(H,28,38)(H2,29,31,32,33)/i3D3. The summed E-state index contributed by atoms with van der Waals surface area (Å²) in [5.41, 5.74) is 1.98. The number of para-hydroxylation sites is 1. The number of rotatable bonds is 10. The van der Waals surface area contributed by atoms with E-state index in [1.165, 1.54) is 13.2 Å². The Morgan fingerprint density at radius 1 is 1.10 bits per heavy atom. The van der Waals surface area contributed by atoms with Crippen LogP contribution in [0.2, 0.25) is 0 Å². The van der Waals surface area contributed by atoms with E-state index >= 15 is 0 Å². The summed E-state index contributed by atoms with van der Waals surface area (Å²) in [6, 6.07) is 10.6. The normalized spacial score (nSPS) is 14.6. The number of carbonyl (C=O) groups is 1. The smallest absolute Gasteiger partial charge is 0.273 e. The van der Waals surface area contributed by atoms with Gasteiger partial charge in [-0.3, -0.25) is 9.48 Å². The minimum Gasteiger partial charge on any atom is -0.494 e. The van der Waals surface area contributed by atoms with Crippen LogP contribution < -0.4 is 25.6 Å². The zero-order valence-electron chi connectivity index (χ0n) is 25.5. The molecule has 3 aromatic heterocycles. The number of benzene rings is 1. The van der Waals surface area contributed by atoms with Crippen LogP contribution in [0.15, 0.2) is 48.9 Å². The maximum Gasteiger partial charge on any atom is 0.273 e. The maximum atomic E-state index is 12.9. The molecule has 5 rings (SSSR count). The van der Waals surface area contributed by atoms with E-state index in [9.17, 15) is 4.79 Å². The van der Waals surface area contributed by atoms with E-state index in [2.05, 4.69) is 40.8 Å². The number of amides is 1. The third-order valence-corrected chi connectivity index (χ3v) is 6.13. The Bertz CT molecular complexity index is 1590. The van der Waals surface area contributed by atoms with Gasteiger partial charge in [-0.2, -0.15) is 5.10 Å². The van der Waals surface area contributed by atoms with E-state index < -0.39 is 12.9 Å². The predicted molar refractivity (Wildman–Crippen MR) is 151 cm³/mol. The highest BCUT2D eigenvalue weighted by Crippen LogP contribution is 2.37. The van der Waals surface area contributed by atoms with Crippen LogP contribution in [0, 0.1) is 0 Å². The monoisotopic (exact) mass is 547 g/mol. The Kier molecular flexibility index (Phi) is 6.67. The van der Waals surface area contributed by atoms with Gasteiger partial charge in [-0.1, -0.05) is 6.07 Å². The van der Waals surface area contributed by atoms with Crippen molar-refractivity contribution in [2.75, 3.05) is 42.7 Å². The fourth-order valence-corrected chi connectivity index (χ4v) is 4.31. The van der Waals surface area contributed by atoms with Gasteiger partial charge in [0.05, 0.1) is 48.1 Å². The van der Waals surface area contributed by atoms with Gasteiger partial charge in [0.2, 0.25) is 0 Å². The van der Waals surface area contributed by atoms with Gasteiger partial charge in [0.25, 0.3) is 5.91 Å². The molecule has 40 heavy (non-hydrogen) atoms. The molecule has 1 aromatic carbocycles. The Balaban J connectivity index is 1.40. The van der Waals surface area contributed by atoms with Crippen LogP contribution in [0.1, 0.15) is 28.4 Å². The molecule has 1 saturated heterocycles. The molecule has 0 bridgehead atoms. The lowest BCUT2D eigenvalue weighted by Gasteiger charge is -2.41. The number of aromatic nitrogens is 6. The van der Waals surface area contributed by atoms with Crippen molar-refractivity contribution in [3.63, 3.8) is 0 Å². The number of nitrogens with zero attached hydrogens (tertiary/aromatic N) is 7. The van der Waals surface area contributed by atoms with Crippen molar-refractivity contribution >= 4 is 34.6 Å². The molecule has 3 N–H and O–H groups in total. The molecule has 1 fully saturated rings. The minimum atomic E-state index is -2.72. The number of hydrogen-bond acceptors (Lipinski definition) is 11. The zero-order valence-corrected chi connectivity index (χ0v) is 22.5. The number of aryl methyl sites for hydroxylation is 1. The largest absolute Gasteiger partial charge is 0.494 e. The summed E-state index contributed by atoms with van der Waals surface area (Å²) in [5.74, 6) is 0.685. The van der Waals surface area contributed by atoms with E-state index in [1.54, 1.807) is 42.5 Å². The Labute approximate surface area is 236 Å². The van der Waals surface area contributed by atoms with Crippen molar-refractivity contribution in [1.29, 1.82) is 0 Å². The van der Waals surface area contributed by atoms with Crippen molar-refractivity contribution in [2.45, 2.75) is 26.1 Å². The summed E-state index contributed by atoms with van der Waals surface area (Å²) in [4.78, 5) is 23.8. The van der Waals surface area contributed by atoms with Crippen LogP contribution in [0.5, 0.6) is 5.75 Å². The van der Waals surface area contributed by atoms with Gasteiger partial charge in [-0.25, -0.2) is 9.97 Å². The van der Waals surface area contributed by atoms with Gasteiger partial charge in [0.1, 0.15) is 12.1 Å². The van der Waals surface area contributed by atoms with E-state index in [0.717, 1.165) is 18.8 Å². The average molecular weight is 548 g/mol. The molecule has 1 aliphatic rings. The molecule has 0 saturated carbocycles. The second-order valence-corrected chi connectivity index (χ2v) is 9.44. The van der Waals surface area contributed by atoms with E-state index in [1.807, 2.05) is 31.3 Å². The van der Waals surface area contributed by atoms with Crippen molar-refractivity contribution in [1.82, 2.24) is 35.3 Å². The summed E-state index contributed by atoms with van der Waals surface area (Å²) in [7, 11) is 3.25. The maximum absolute atomic E-state index is 12.9. The summed E-state index contributed by atoms with van der Waals surface area (Å²) < 4.78 is 35.4. The molecule has 0 spiro atoms. The topological polar surface area (TPSA) is 144 Å². The number of methoxy groups -OCH3 is 1. The molecule has 13 heteroatoms. The Hall–Kier alpha value is -4.78. The molecule has 0 aliphatic carbocycles. The molecule has 208 valence electrons. The molecule has 4 aromatic rings. The second-order valence-electron chi connectivity index (χ2n) is 9.44. The van der Waals surface area contributed by atoms with Crippen LogP contribution >= 0.6 is 0 Å². The molecule has 1 aliphatic heterocycles. The third-order valence-electron chi connectivity index (χ3n) is 6.13. The SMILES string of the molecule is [2H]C([2H])([2H])NC(=O)c1nnc(Nc2ccc(N3CC(OC(C)C)C3)cn2)cc1Nc1cccc(-c2ncn(C)n2)c1OC. The van der Waals surface area contributed by atoms with Gasteiger partial charge >= 0.3 is 0 Å². The first-order valence-corrected chi connectivity index (χ1v) is 12.6. The molecule has 0 radical (unpaired) electrons. The second kappa shape index (κ2) is 11.5. The number of hydrogen-bond donors (Lipinski definition) is 3. The highest BCUT2D eigenvalue weighted by atomic mass is 16.5. The number of ether oxygens (including phenoxy) is 2. The van der Waals surface area contributed by atoms with Crippen molar-refractivity contribution in [3.8, 4) is 17.1 Å². The highest BCUT2D eigenvalue weighted by molar-refractivity contribution is 5.99. The van der Waals surface area contributed by atoms with Gasteiger partial charge in [-0.05, 0) is 38.1 Å². The Morgan fingerprint density at radius 2 is 1.95 bits per heavy atom. The lowest BCUT2D eigenvalue weighted by molar-refractivity contribution is -0.00720. The number of nitrogens with one attached hydrogen (secondary N) is 3. The van der Waals surface area contributed by atoms with Crippen LogP contribution in [-0.2, 0) is 11.8 Å². The number of anilines is 5. The lowest BCUT2D eigenvalue weighted by Crippen LogP contribution is -2.53. The minimum absolute atomic E-state index is 0.178. The summed E-state index contributed by atoms with van der Waals surface area (Å²) in [5, 5.41) is 20.7. The van der Waals surface area contributed by atoms with E-state index in [0.29, 0.717) is 28.6 Å². The molecule has 0 atom stereocenters. The van der Waals surface area contributed by atoms with Crippen LogP contribution in [0.25, 0.3) is 11.4 Å². The van der Waals surface area contributed by atoms with Crippen molar-refractivity contribution in [2.24, 2.45) is 7.05 Å². The summed E-state index contributed by atoms with van der Waals surface area (Å²) >= 11 is 0. The van der Waals surface area contributed by atoms with Gasteiger partial charge in [0.15, 0.2) is 23.1 Å². The van der Waals surface area contributed by atoms with Gasteiger partial charge < -0.3 is 30.3 Å². The zero-order chi connectivity index (χ0) is 30.7. The van der Waals surface area contributed by atoms with Crippen LogP contribution in [0.3, 0.4) is 0 Å². The van der Waals surface area contributed by atoms with Crippen LogP contribution in [-0.4, -0.2) is 75.2 Å². The van der Waals surface area contributed by atoms with Crippen molar-refractivity contribution in [3.05, 3.63) is 54.6 Å². The predicted octanol–water partition coefficient (Wildman–Crippen LogP) is 3.14. The average Bonchev–Trinajstić information content (AvgIpc) is 3.36. The molecule has 1 amide bonds. The lowest BCUT2D eigenvalue weighted by atomic mass is 10.1. The van der Waals surface area contributed by atoms with Crippen LogP contribution in [0.4, 0.5) is 28.7 Å². The summed E-state index contributed by atoms with van der Waals surface area (Å²) in [6.45, 7) is 2.92. The molecule has 13 nitrogen and oxygen atoms in total. The van der Waals surface area contributed by atoms with Gasteiger partial charge in [-0.15, -0.1) is 10.2 Å². The Morgan fingerprint density at radius 3 is 2.62 bits per heavy atom. The molecular weight excluding hydrogens is 512 g/mol. The van der Waals surface area contributed by atoms with E-state index in [-0.39, 0.29) is 29.4 Å². The first kappa shape index (κ1) is 23.1. The summed E-state index contributed by atoms with van der Waals surface area (Å²) in [6.07, 6.45) is 3.71. The van der Waals surface area contributed by atoms with Crippen molar-refractivity contribution < 1.29 is 18.4 Å². The highest BCUT2D eigenvalue weighted by Gasteiger charge is 2.28. The first-order chi connectivity index (χ1) is 20.5. The number of carbonyl (C=O) groups excluding carboxylic acids is 1. The molecule has 4 heterocycles. The fourth-order valence-electron chi connectivity index (χ4n) is 4.31. The van der Waals surface area contributed by atoms with Gasteiger partial charge in [0, 0.05) is 37.3 Å². The third kappa shape index (κ3) is 5.78. The van der Waals surface area contributed by atoms with E-state index in [4.69, 9.17) is 13.6 Å². The number of pyridine rings is 1. The first-order valence-electron chi connectivity index (χ1n) is 14.1.